The van der Waals surface area contributed by atoms with Crippen molar-refractivity contribution in [1.82, 2.24) is 19.9 Å². The molecule has 2 saturated carbocycles. The van der Waals surface area contributed by atoms with Crippen molar-refractivity contribution >= 4 is 50.2 Å². The molecule has 52 heavy (non-hydrogen) atoms. The summed E-state index contributed by atoms with van der Waals surface area (Å²) in [6, 6.07) is 18.0. The van der Waals surface area contributed by atoms with Gasteiger partial charge in [0.15, 0.2) is 5.13 Å². The van der Waals surface area contributed by atoms with Crippen molar-refractivity contribution in [2.45, 2.75) is 93.7 Å². The number of nitrogens with one attached hydrogen (secondary N) is 3. The molecule has 274 valence electrons. The van der Waals surface area contributed by atoms with Gasteiger partial charge < -0.3 is 20.3 Å². The minimum atomic E-state index is -3.86. The Kier molecular flexibility index (Phi) is 10.2. The van der Waals surface area contributed by atoms with E-state index in [0.29, 0.717) is 24.4 Å². The largest absolute Gasteiger partial charge is 0.461 e. The number of esters is 1. The number of rotatable bonds is 8. The van der Waals surface area contributed by atoms with E-state index in [9.17, 15) is 27.6 Å². The third-order valence-electron chi connectivity index (χ3n) is 10.2. The van der Waals surface area contributed by atoms with Gasteiger partial charge in [-0.25, -0.2) is 13.4 Å². The second-order valence-electron chi connectivity index (χ2n) is 14.1. The molecule has 1 saturated heterocycles. The lowest BCUT2D eigenvalue weighted by Crippen LogP contribution is -2.57. The van der Waals surface area contributed by atoms with E-state index in [4.69, 9.17) is 9.72 Å². The quantitative estimate of drug-likeness (QED) is 0.217. The van der Waals surface area contributed by atoms with E-state index in [0.717, 1.165) is 47.4 Å². The van der Waals surface area contributed by atoms with E-state index >= 15 is 0 Å². The highest BCUT2D eigenvalue weighted by atomic mass is 32.2. The number of allylic oxidation sites excluding steroid dienone is 1. The molecule has 2 aliphatic heterocycles. The van der Waals surface area contributed by atoms with Crippen LogP contribution in [0, 0.1) is 5.92 Å². The Morgan fingerprint density at radius 1 is 0.981 bits per heavy atom. The van der Waals surface area contributed by atoms with Crippen molar-refractivity contribution in [3.8, 4) is 21.7 Å². The number of thiazole rings is 1. The van der Waals surface area contributed by atoms with Gasteiger partial charge in [-0.1, -0.05) is 97.0 Å². The number of fused-ring (bicyclic) bond motifs is 2. The molecule has 0 bridgehead atoms. The third-order valence-corrected chi connectivity index (χ3v) is 13.0. The SMILES string of the molecule is CC(=O)O[C@@H]1C[C@H]2C(=O)N[C@]3(C(=O)NS(=O)(=O)C4CC4)C[C@@H]3/C=C\CCCCC[C@H](Nc3nc(-c4ccccc4)c(-c4ccccc4)s3)C(=O)N2C1. The van der Waals surface area contributed by atoms with E-state index in [1.165, 1.54) is 23.2 Å². The lowest BCUT2D eigenvalue weighted by atomic mass is 10.0. The van der Waals surface area contributed by atoms with E-state index < -0.39 is 62.7 Å². The van der Waals surface area contributed by atoms with E-state index in [-0.39, 0.29) is 25.3 Å². The number of anilines is 1. The summed E-state index contributed by atoms with van der Waals surface area (Å²) in [6.45, 7) is 1.27. The Morgan fingerprint density at radius 3 is 2.38 bits per heavy atom. The van der Waals surface area contributed by atoms with Gasteiger partial charge in [-0.15, -0.1) is 0 Å². The Morgan fingerprint density at radius 2 is 1.69 bits per heavy atom. The summed E-state index contributed by atoms with van der Waals surface area (Å²) in [5.74, 6) is -2.65. The summed E-state index contributed by atoms with van der Waals surface area (Å²) >= 11 is 1.45. The summed E-state index contributed by atoms with van der Waals surface area (Å²) in [5.41, 5.74) is 1.25. The number of carbonyl (C=O) groups excluding carboxylic acids is 4. The fourth-order valence-corrected chi connectivity index (χ4v) is 9.60. The zero-order valence-electron chi connectivity index (χ0n) is 29.0. The maximum Gasteiger partial charge on any atom is 0.302 e. The molecule has 7 rings (SSSR count). The van der Waals surface area contributed by atoms with Gasteiger partial charge in [-0.3, -0.25) is 23.9 Å². The van der Waals surface area contributed by atoms with Crippen LogP contribution in [0.2, 0.25) is 0 Å². The van der Waals surface area contributed by atoms with Crippen molar-refractivity contribution in [3.05, 3.63) is 72.8 Å². The first kappa shape index (κ1) is 35.8. The molecule has 0 unspecified atom stereocenters. The first-order valence-corrected chi connectivity index (χ1v) is 20.3. The normalized spacial score (nSPS) is 27.2. The van der Waals surface area contributed by atoms with Gasteiger partial charge in [0.2, 0.25) is 21.8 Å². The summed E-state index contributed by atoms with van der Waals surface area (Å²) in [7, 11) is -3.86. The number of sulfonamides is 1. The molecule has 2 aromatic carbocycles. The number of nitrogens with zero attached hydrogens (tertiary/aromatic N) is 2. The van der Waals surface area contributed by atoms with Crippen LogP contribution in [0.25, 0.3) is 21.7 Å². The zero-order valence-corrected chi connectivity index (χ0v) is 30.6. The predicted molar refractivity (Wildman–Crippen MR) is 197 cm³/mol. The fourth-order valence-electron chi connectivity index (χ4n) is 7.19. The Balaban J connectivity index is 1.19. The molecular formula is C38H43N5O7S2. The molecule has 0 spiro atoms. The summed E-state index contributed by atoms with van der Waals surface area (Å²) in [5, 5.41) is 6.23. The minimum Gasteiger partial charge on any atom is -0.461 e. The van der Waals surface area contributed by atoms with Gasteiger partial charge in [0.05, 0.1) is 22.4 Å². The topological polar surface area (TPSA) is 164 Å². The van der Waals surface area contributed by atoms with Gasteiger partial charge in [0, 0.05) is 24.8 Å². The van der Waals surface area contributed by atoms with Gasteiger partial charge in [0.1, 0.15) is 23.7 Å². The van der Waals surface area contributed by atoms with Crippen LogP contribution in [0.4, 0.5) is 5.13 Å². The van der Waals surface area contributed by atoms with Crippen LogP contribution < -0.4 is 15.4 Å². The molecule has 3 N–H and O–H groups in total. The summed E-state index contributed by atoms with van der Waals surface area (Å²) in [4.78, 5) is 61.8. The van der Waals surface area contributed by atoms with Crippen molar-refractivity contribution in [3.63, 3.8) is 0 Å². The van der Waals surface area contributed by atoms with E-state index in [1.54, 1.807) is 0 Å². The van der Waals surface area contributed by atoms with Crippen molar-refractivity contribution < 1.29 is 32.3 Å². The third kappa shape index (κ3) is 7.77. The highest BCUT2D eigenvalue weighted by Gasteiger charge is 2.62. The summed E-state index contributed by atoms with van der Waals surface area (Å²) in [6.07, 6.45) is 7.99. The van der Waals surface area contributed by atoms with Crippen LogP contribution in [0.5, 0.6) is 0 Å². The van der Waals surface area contributed by atoms with Crippen molar-refractivity contribution in [2.75, 3.05) is 11.9 Å². The molecule has 12 nitrogen and oxygen atoms in total. The van der Waals surface area contributed by atoms with Gasteiger partial charge >= 0.3 is 5.97 Å². The molecule has 1 aromatic heterocycles. The van der Waals surface area contributed by atoms with Crippen molar-refractivity contribution in [1.29, 1.82) is 0 Å². The molecular weight excluding hydrogens is 703 g/mol. The molecule has 2 aliphatic carbocycles. The molecule has 4 aliphatic rings. The highest BCUT2D eigenvalue weighted by molar-refractivity contribution is 7.91. The zero-order chi connectivity index (χ0) is 36.5. The predicted octanol–water partition coefficient (Wildman–Crippen LogP) is 4.79. The molecule has 3 aromatic rings. The first-order chi connectivity index (χ1) is 25.0. The average molecular weight is 746 g/mol. The number of aromatic nitrogens is 1. The van der Waals surface area contributed by atoms with Crippen LogP contribution in [-0.2, 0) is 33.9 Å². The number of hydrogen-bond acceptors (Lipinski definition) is 10. The average Bonchev–Trinajstić information content (AvgIpc) is 4.02. The molecule has 14 heteroatoms. The number of benzene rings is 2. The monoisotopic (exact) mass is 745 g/mol. The Labute approximate surface area is 307 Å². The maximum absolute atomic E-state index is 14.6. The molecule has 5 atom stereocenters. The smallest absolute Gasteiger partial charge is 0.302 e. The second kappa shape index (κ2) is 14.8. The van der Waals surface area contributed by atoms with Crippen molar-refractivity contribution in [2.24, 2.45) is 5.92 Å². The number of hydrogen-bond donors (Lipinski definition) is 3. The number of ether oxygens (including phenoxy) is 1. The van der Waals surface area contributed by atoms with Crippen LogP contribution in [0.1, 0.15) is 64.7 Å². The highest BCUT2D eigenvalue weighted by Crippen LogP contribution is 2.46. The van der Waals surface area contributed by atoms with E-state index in [2.05, 4.69) is 15.4 Å². The number of carbonyl (C=O) groups is 4. The molecule has 3 heterocycles. The lowest BCUT2D eigenvalue weighted by Gasteiger charge is -2.29. The van der Waals surface area contributed by atoms with Gasteiger partial charge in [-0.05, 0) is 44.1 Å². The molecule has 0 radical (unpaired) electrons. The molecule has 3 amide bonds. The second-order valence-corrected chi connectivity index (χ2v) is 17.1. The summed E-state index contributed by atoms with van der Waals surface area (Å²) < 4.78 is 33.2. The minimum absolute atomic E-state index is 0.00430. The fraction of sp³-hybridized carbons (Fsp3) is 0.447. The van der Waals surface area contributed by atoms with Crippen LogP contribution in [-0.4, -0.2) is 77.5 Å². The van der Waals surface area contributed by atoms with Gasteiger partial charge in [0.25, 0.3) is 5.91 Å². The van der Waals surface area contributed by atoms with Crippen LogP contribution in [0.3, 0.4) is 0 Å². The van der Waals surface area contributed by atoms with Gasteiger partial charge in [-0.2, -0.15) is 0 Å². The maximum atomic E-state index is 14.6. The lowest BCUT2D eigenvalue weighted by molar-refractivity contribution is -0.146. The Bertz CT molecular complexity index is 1910. The number of amides is 3. The standard InChI is InChI=1S/C38H43N5O7S2/c1-24(44)50-28-21-31-34(45)41-38(36(47)42-52(48,49)29-19-20-29)22-27(38)17-11-3-2-4-12-18-30(35(46)43(31)23-28)39-37-40-32(25-13-7-5-8-14-25)33(51-37)26-15-9-6-10-16-26/h5-11,13-17,27-31H,2-4,12,18-23H2,1H3,(H,39,40)(H,41,45)(H,42,47)/b17-11-/t27-,28+,30-,31-,38+/m0/s1. The Hall–Kier alpha value is -4.56. The first-order valence-electron chi connectivity index (χ1n) is 17.9. The van der Waals surface area contributed by atoms with E-state index in [1.807, 2.05) is 72.8 Å². The molecule has 3 fully saturated rings. The van der Waals surface area contributed by atoms with Crippen LogP contribution >= 0.6 is 11.3 Å². The van der Waals surface area contributed by atoms with Crippen LogP contribution in [0.15, 0.2) is 72.8 Å².